The SMILES string of the molecule is C[C@]12CC[C@H]3[C@@H](C=CC4C(=O)C(=O)C=C[C@@H]43)[C@@H]1CCC2=O. The number of Topliss-reactive ketones (excluding diaryl/α,β-unsaturated/α-hetero) is 2. The van der Waals surface area contributed by atoms with Crippen LogP contribution in [0, 0.1) is 35.0 Å². The maximum absolute atomic E-state index is 12.2. The molecule has 0 bridgehead atoms. The second-order valence-corrected chi connectivity index (χ2v) is 7.34. The van der Waals surface area contributed by atoms with Crippen LogP contribution in [-0.4, -0.2) is 17.3 Å². The molecule has 3 heteroatoms. The highest BCUT2D eigenvalue weighted by molar-refractivity contribution is 6.43. The van der Waals surface area contributed by atoms with Crippen molar-refractivity contribution in [3.05, 3.63) is 24.3 Å². The summed E-state index contributed by atoms with van der Waals surface area (Å²) < 4.78 is 0. The topological polar surface area (TPSA) is 51.2 Å². The Morgan fingerprint density at radius 3 is 2.67 bits per heavy atom. The molecular formula is C18H20O3. The Hall–Kier alpha value is -1.51. The highest BCUT2D eigenvalue weighted by atomic mass is 16.2. The van der Waals surface area contributed by atoms with Gasteiger partial charge in [0.2, 0.25) is 11.6 Å². The summed E-state index contributed by atoms with van der Waals surface area (Å²) in [5, 5.41) is 0. The fraction of sp³-hybridized carbons (Fsp3) is 0.611. The highest BCUT2D eigenvalue weighted by Gasteiger charge is 2.56. The van der Waals surface area contributed by atoms with Crippen molar-refractivity contribution in [3.63, 3.8) is 0 Å². The maximum Gasteiger partial charge on any atom is 0.221 e. The van der Waals surface area contributed by atoms with E-state index in [0.717, 1.165) is 19.3 Å². The van der Waals surface area contributed by atoms with Gasteiger partial charge in [-0.2, -0.15) is 0 Å². The Morgan fingerprint density at radius 2 is 1.86 bits per heavy atom. The molecule has 0 amide bonds. The molecule has 2 saturated carbocycles. The lowest BCUT2D eigenvalue weighted by molar-refractivity contribution is -0.138. The molecular weight excluding hydrogens is 264 g/mol. The van der Waals surface area contributed by atoms with Crippen molar-refractivity contribution in [2.45, 2.75) is 32.6 Å². The fourth-order valence-corrected chi connectivity index (χ4v) is 5.33. The van der Waals surface area contributed by atoms with Crippen LogP contribution in [0.5, 0.6) is 0 Å². The Labute approximate surface area is 124 Å². The third-order valence-electron chi connectivity index (χ3n) is 6.56. The second-order valence-electron chi connectivity index (χ2n) is 7.34. The molecule has 0 aromatic rings. The number of hydrogen-bond acceptors (Lipinski definition) is 3. The van der Waals surface area contributed by atoms with Crippen molar-refractivity contribution in [3.8, 4) is 0 Å². The molecule has 0 aromatic heterocycles. The van der Waals surface area contributed by atoms with E-state index < -0.39 is 0 Å². The zero-order valence-electron chi connectivity index (χ0n) is 12.2. The van der Waals surface area contributed by atoms with Crippen LogP contribution in [-0.2, 0) is 14.4 Å². The molecule has 0 saturated heterocycles. The van der Waals surface area contributed by atoms with Crippen molar-refractivity contribution >= 4 is 17.3 Å². The molecule has 6 atom stereocenters. The van der Waals surface area contributed by atoms with E-state index in [9.17, 15) is 14.4 Å². The Balaban J connectivity index is 1.72. The fourth-order valence-electron chi connectivity index (χ4n) is 5.33. The first-order valence-corrected chi connectivity index (χ1v) is 8.00. The predicted octanol–water partition coefficient (Wildman–Crippen LogP) is 2.51. The average molecular weight is 284 g/mol. The molecule has 0 spiro atoms. The number of carbonyl (C=O) groups is 3. The van der Waals surface area contributed by atoms with Gasteiger partial charge in [0.25, 0.3) is 0 Å². The molecule has 3 nitrogen and oxygen atoms in total. The predicted molar refractivity (Wildman–Crippen MR) is 77.3 cm³/mol. The van der Waals surface area contributed by atoms with Crippen LogP contribution in [0.3, 0.4) is 0 Å². The van der Waals surface area contributed by atoms with Crippen LogP contribution in [0.15, 0.2) is 24.3 Å². The van der Waals surface area contributed by atoms with Crippen LogP contribution in [0.25, 0.3) is 0 Å². The van der Waals surface area contributed by atoms with Gasteiger partial charge >= 0.3 is 0 Å². The summed E-state index contributed by atoms with van der Waals surface area (Å²) in [5.74, 6) is 0.924. The largest absolute Gasteiger partial charge is 0.299 e. The first kappa shape index (κ1) is 13.2. The molecule has 0 radical (unpaired) electrons. The number of ketones is 3. The molecule has 4 aliphatic rings. The maximum atomic E-state index is 12.2. The first-order chi connectivity index (χ1) is 10.0. The van der Waals surface area contributed by atoms with E-state index >= 15 is 0 Å². The Kier molecular flexibility index (Phi) is 2.66. The summed E-state index contributed by atoms with van der Waals surface area (Å²) in [6, 6.07) is 0. The van der Waals surface area contributed by atoms with Gasteiger partial charge in [0.1, 0.15) is 5.78 Å². The van der Waals surface area contributed by atoms with E-state index in [1.807, 2.05) is 12.2 Å². The lowest BCUT2D eigenvalue weighted by Crippen LogP contribution is -2.48. The minimum Gasteiger partial charge on any atom is -0.299 e. The van der Waals surface area contributed by atoms with Crippen molar-refractivity contribution in [2.24, 2.45) is 35.0 Å². The number of rotatable bonds is 0. The van der Waals surface area contributed by atoms with Crippen LogP contribution in [0.4, 0.5) is 0 Å². The summed E-state index contributed by atoms with van der Waals surface area (Å²) in [6.45, 7) is 2.13. The zero-order valence-corrected chi connectivity index (χ0v) is 12.2. The van der Waals surface area contributed by atoms with Gasteiger partial charge in [-0.05, 0) is 49.0 Å². The standard InChI is InChI=1S/C18H20O3/c1-18-9-8-11-10-4-6-15(19)17(21)13(10)3-2-12(11)14(18)5-7-16(18)20/h2-4,6,10-14H,5,7-9H2,1H3/t10-,11-,12-,13?,14+,18+/m1/s1. The zero-order chi connectivity index (χ0) is 14.8. The van der Waals surface area contributed by atoms with Crippen molar-refractivity contribution in [1.82, 2.24) is 0 Å². The molecule has 4 aliphatic carbocycles. The molecule has 21 heavy (non-hydrogen) atoms. The number of hydrogen-bond donors (Lipinski definition) is 0. The lowest BCUT2D eigenvalue weighted by atomic mass is 9.53. The van der Waals surface area contributed by atoms with E-state index in [1.54, 1.807) is 0 Å². The molecule has 0 heterocycles. The van der Waals surface area contributed by atoms with Crippen molar-refractivity contribution in [1.29, 1.82) is 0 Å². The third-order valence-corrected chi connectivity index (χ3v) is 6.56. The van der Waals surface area contributed by atoms with Crippen molar-refractivity contribution < 1.29 is 14.4 Å². The summed E-state index contributed by atoms with van der Waals surface area (Å²) in [4.78, 5) is 35.9. The van der Waals surface area contributed by atoms with Crippen LogP contribution < -0.4 is 0 Å². The molecule has 0 aliphatic heterocycles. The van der Waals surface area contributed by atoms with E-state index in [2.05, 4.69) is 13.0 Å². The average Bonchev–Trinajstić information content (AvgIpc) is 2.78. The Bertz CT molecular complexity index is 600. The summed E-state index contributed by atoms with van der Waals surface area (Å²) >= 11 is 0. The monoisotopic (exact) mass is 284 g/mol. The summed E-state index contributed by atoms with van der Waals surface area (Å²) in [7, 11) is 0. The van der Waals surface area contributed by atoms with E-state index in [-0.39, 0.29) is 28.8 Å². The van der Waals surface area contributed by atoms with Gasteiger partial charge in [-0.1, -0.05) is 25.2 Å². The molecule has 2 fully saturated rings. The Morgan fingerprint density at radius 1 is 1.05 bits per heavy atom. The van der Waals surface area contributed by atoms with Gasteiger partial charge in [-0.3, -0.25) is 14.4 Å². The minimum absolute atomic E-state index is 0.156. The van der Waals surface area contributed by atoms with Crippen LogP contribution >= 0.6 is 0 Å². The van der Waals surface area contributed by atoms with Crippen molar-refractivity contribution in [2.75, 3.05) is 0 Å². The normalized spacial score (nSPS) is 48.0. The molecule has 1 unspecified atom stereocenters. The van der Waals surface area contributed by atoms with Gasteiger partial charge < -0.3 is 0 Å². The van der Waals surface area contributed by atoms with E-state index in [4.69, 9.17) is 0 Å². The smallest absolute Gasteiger partial charge is 0.221 e. The lowest BCUT2D eigenvalue weighted by Gasteiger charge is -2.49. The molecule has 0 N–H and O–H groups in total. The number of carbonyl (C=O) groups excluding carboxylic acids is 3. The molecule has 110 valence electrons. The quantitative estimate of drug-likeness (QED) is 0.507. The van der Waals surface area contributed by atoms with Gasteiger partial charge in [-0.25, -0.2) is 0 Å². The third kappa shape index (κ3) is 1.63. The minimum atomic E-state index is -0.365. The van der Waals surface area contributed by atoms with Crippen LogP contribution in [0.2, 0.25) is 0 Å². The van der Waals surface area contributed by atoms with Gasteiger partial charge in [0, 0.05) is 11.8 Å². The summed E-state index contributed by atoms with van der Waals surface area (Å²) in [6.07, 6.45) is 11.1. The second kappa shape index (κ2) is 4.25. The highest BCUT2D eigenvalue weighted by Crippen LogP contribution is 2.58. The summed E-state index contributed by atoms with van der Waals surface area (Å²) in [5.41, 5.74) is -0.156. The number of allylic oxidation sites excluding steroid dienone is 4. The van der Waals surface area contributed by atoms with E-state index in [0.29, 0.717) is 30.0 Å². The van der Waals surface area contributed by atoms with Crippen LogP contribution in [0.1, 0.15) is 32.6 Å². The first-order valence-electron chi connectivity index (χ1n) is 8.00. The molecule has 4 rings (SSSR count). The number of fused-ring (bicyclic) bond motifs is 5. The molecule has 0 aromatic carbocycles. The van der Waals surface area contributed by atoms with Gasteiger partial charge in [-0.15, -0.1) is 0 Å². The van der Waals surface area contributed by atoms with Gasteiger partial charge in [0.15, 0.2) is 0 Å². The van der Waals surface area contributed by atoms with E-state index in [1.165, 1.54) is 6.08 Å². The van der Waals surface area contributed by atoms with Gasteiger partial charge in [0.05, 0.1) is 5.92 Å².